The van der Waals surface area contributed by atoms with Gasteiger partial charge in [0.1, 0.15) is 18.1 Å². The van der Waals surface area contributed by atoms with Crippen LogP contribution in [0.15, 0.2) is 36.5 Å². The second kappa shape index (κ2) is 9.40. The molecule has 3 heterocycles. The number of carbonyl (C=O) groups excluding carboxylic acids is 2. The van der Waals surface area contributed by atoms with Crippen molar-refractivity contribution in [1.29, 1.82) is 0 Å². The van der Waals surface area contributed by atoms with Crippen molar-refractivity contribution in [1.82, 2.24) is 19.6 Å². The maximum absolute atomic E-state index is 13.2. The van der Waals surface area contributed by atoms with E-state index < -0.39 is 33.7 Å². The number of ether oxygens (including phenoxy) is 2. The van der Waals surface area contributed by atoms with Crippen molar-refractivity contribution >= 4 is 27.9 Å². The molecule has 190 valence electrons. The molecule has 0 spiro atoms. The van der Waals surface area contributed by atoms with Crippen LogP contribution in [0, 0.1) is 0 Å². The van der Waals surface area contributed by atoms with Gasteiger partial charge < -0.3 is 9.47 Å². The Bertz CT molecular complexity index is 1190. The van der Waals surface area contributed by atoms with Crippen LogP contribution in [0.25, 0.3) is 0 Å². The Hall–Kier alpha value is -3.28. The molecule has 0 unspecified atom stereocenters. The summed E-state index contributed by atoms with van der Waals surface area (Å²) in [4.78, 5) is 28.0. The molecule has 0 N–H and O–H groups in total. The lowest BCUT2D eigenvalue weighted by Gasteiger charge is -2.38. The second-order valence-electron chi connectivity index (χ2n) is 9.73. The molecule has 2 aliphatic rings. The monoisotopic (exact) mass is 505 g/mol. The van der Waals surface area contributed by atoms with Gasteiger partial charge in [0.15, 0.2) is 0 Å². The smallest absolute Gasteiger partial charge is 0.411 e. The van der Waals surface area contributed by atoms with Crippen LogP contribution in [0.5, 0.6) is 0 Å². The fourth-order valence-corrected chi connectivity index (χ4v) is 5.65. The Morgan fingerprint density at radius 3 is 2.49 bits per heavy atom. The van der Waals surface area contributed by atoms with Gasteiger partial charge in [-0.2, -0.15) is 5.10 Å². The molecule has 1 fully saturated rings. The molecule has 0 bridgehead atoms. The quantitative estimate of drug-likeness (QED) is 0.630. The number of sulfonamides is 1. The third-order valence-electron chi connectivity index (χ3n) is 5.80. The number of hydrogen-bond acceptors (Lipinski definition) is 7. The summed E-state index contributed by atoms with van der Waals surface area (Å²) in [6.45, 7) is 8.17. The van der Waals surface area contributed by atoms with Crippen LogP contribution in [-0.4, -0.2) is 70.8 Å². The molecule has 4 rings (SSSR count). The molecular weight excluding hydrogens is 474 g/mol. The van der Waals surface area contributed by atoms with E-state index in [0.717, 1.165) is 5.56 Å². The molecule has 1 aromatic carbocycles. The largest absolute Gasteiger partial charge is 0.445 e. The summed E-state index contributed by atoms with van der Waals surface area (Å²) in [6.07, 6.45) is 0.359. The minimum atomic E-state index is -3.87. The highest BCUT2D eigenvalue weighted by Crippen LogP contribution is 2.31. The van der Waals surface area contributed by atoms with Gasteiger partial charge in [-0.15, -0.1) is 0 Å². The Kier molecular flexibility index (Phi) is 6.67. The van der Waals surface area contributed by atoms with Crippen molar-refractivity contribution in [2.75, 3.05) is 23.3 Å². The number of nitrogens with zero attached hydrogens (tertiary/aromatic N) is 5. The summed E-state index contributed by atoms with van der Waals surface area (Å²) in [5.74, 6) is -0.503. The van der Waals surface area contributed by atoms with Gasteiger partial charge in [-0.3, -0.25) is 18.8 Å². The second-order valence-corrected chi connectivity index (χ2v) is 11.6. The minimum absolute atomic E-state index is 0.0590. The van der Waals surface area contributed by atoms with E-state index in [9.17, 15) is 18.0 Å². The molecule has 1 atom stereocenters. The number of carbonyl (C=O) groups is 2. The van der Waals surface area contributed by atoms with E-state index in [1.165, 1.54) is 15.4 Å². The highest BCUT2D eigenvalue weighted by Gasteiger charge is 2.39. The Balaban J connectivity index is 1.46. The molecular formula is C23H31N5O6S. The van der Waals surface area contributed by atoms with Crippen molar-refractivity contribution in [2.24, 2.45) is 0 Å². The van der Waals surface area contributed by atoms with Gasteiger partial charge in [-0.25, -0.2) is 18.0 Å². The summed E-state index contributed by atoms with van der Waals surface area (Å²) in [6, 6.07) is 9.02. The average Bonchev–Trinajstić information content (AvgIpc) is 3.17. The van der Waals surface area contributed by atoms with Crippen LogP contribution < -0.4 is 4.31 Å². The number of benzene rings is 1. The van der Waals surface area contributed by atoms with Gasteiger partial charge in [-0.05, 0) is 33.3 Å². The standard InChI is InChI=1S/C23H31N5O6S/c1-17-13-27-20(14-26(17)22(30)34-23(2,3)4)19(12-24-27)28-11-10-25(16-35(28,31)32)21(29)33-15-18-8-6-5-7-9-18/h5-9,12,17H,10-11,13-16H2,1-4H3/t17-/m0/s1. The number of anilines is 1. The third-order valence-corrected chi connectivity index (χ3v) is 7.49. The molecule has 0 aliphatic carbocycles. The van der Waals surface area contributed by atoms with E-state index in [1.54, 1.807) is 30.4 Å². The Morgan fingerprint density at radius 1 is 1.11 bits per heavy atom. The van der Waals surface area contributed by atoms with E-state index in [-0.39, 0.29) is 32.3 Å². The molecule has 2 aromatic rings. The van der Waals surface area contributed by atoms with Crippen molar-refractivity contribution < 1.29 is 27.5 Å². The van der Waals surface area contributed by atoms with Gasteiger partial charge >= 0.3 is 12.2 Å². The lowest BCUT2D eigenvalue weighted by atomic mass is 10.2. The predicted octanol–water partition coefficient (Wildman–Crippen LogP) is 2.77. The fourth-order valence-electron chi connectivity index (χ4n) is 4.07. The predicted molar refractivity (Wildman–Crippen MR) is 128 cm³/mol. The van der Waals surface area contributed by atoms with E-state index in [2.05, 4.69) is 5.10 Å². The maximum Gasteiger partial charge on any atom is 0.411 e. The highest BCUT2D eigenvalue weighted by molar-refractivity contribution is 7.92. The summed E-state index contributed by atoms with van der Waals surface area (Å²) >= 11 is 0. The Labute approximate surface area is 205 Å². The topological polar surface area (TPSA) is 114 Å². The zero-order valence-electron chi connectivity index (χ0n) is 20.4. The normalized spacial score (nSPS) is 19.8. The van der Waals surface area contributed by atoms with Crippen molar-refractivity contribution in [3.05, 3.63) is 47.8 Å². The number of hydrogen-bond donors (Lipinski definition) is 0. The SMILES string of the molecule is C[C@H]1Cn2ncc(N3CCN(C(=O)OCc4ccccc4)CS3(=O)=O)c2CN1C(=O)OC(C)(C)C. The first-order valence-corrected chi connectivity index (χ1v) is 13.1. The van der Waals surface area contributed by atoms with Gasteiger partial charge in [0.2, 0.25) is 0 Å². The summed E-state index contributed by atoms with van der Waals surface area (Å²) in [5.41, 5.74) is 1.18. The van der Waals surface area contributed by atoms with Crippen LogP contribution in [0.3, 0.4) is 0 Å². The Morgan fingerprint density at radius 2 is 1.83 bits per heavy atom. The molecule has 2 aliphatic heterocycles. The average molecular weight is 506 g/mol. The number of amides is 2. The van der Waals surface area contributed by atoms with Crippen LogP contribution in [0.1, 0.15) is 39.0 Å². The molecule has 12 heteroatoms. The van der Waals surface area contributed by atoms with Crippen LogP contribution in [0.4, 0.5) is 15.3 Å². The van der Waals surface area contributed by atoms with E-state index >= 15 is 0 Å². The zero-order chi connectivity index (χ0) is 25.4. The highest BCUT2D eigenvalue weighted by atomic mass is 32.2. The molecule has 11 nitrogen and oxygen atoms in total. The van der Waals surface area contributed by atoms with Crippen molar-refractivity contribution in [3.8, 4) is 0 Å². The first-order valence-electron chi connectivity index (χ1n) is 11.4. The summed E-state index contributed by atoms with van der Waals surface area (Å²) < 4.78 is 40.1. The summed E-state index contributed by atoms with van der Waals surface area (Å²) in [5, 5.41) is 4.36. The molecule has 2 amide bonds. The van der Waals surface area contributed by atoms with Gasteiger partial charge in [0, 0.05) is 6.54 Å². The molecule has 1 aromatic heterocycles. The number of rotatable bonds is 3. The maximum atomic E-state index is 13.2. The zero-order valence-corrected chi connectivity index (χ0v) is 21.2. The van der Waals surface area contributed by atoms with Crippen LogP contribution in [-0.2, 0) is 39.2 Å². The lowest BCUT2D eigenvalue weighted by Crippen LogP contribution is -2.52. The number of fused-ring (bicyclic) bond motifs is 1. The molecule has 0 radical (unpaired) electrons. The van der Waals surface area contributed by atoms with Crippen molar-refractivity contribution in [2.45, 2.75) is 59.0 Å². The van der Waals surface area contributed by atoms with E-state index in [4.69, 9.17) is 9.47 Å². The first kappa shape index (κ1) is 24.8. The van der Waals surface area contributed by atoms with Gasteiger partial charge in [0.25, 0.3) is 10.0 Å². The van der Waals surface area contributed by atoms with Crippen LogP contribution in [0.2, 0.25) is 0 Å². The van der Waals surface area contributed by atoms with Gasteiger partial charge in [0.05, 0.1) is 43.3 Å². The van der Waals surface area contributed by atoms with E-state index in [0.29, 0.717) is 17.9 Å². The molecule has 0 saturated carbocycles. The lowest BCUT2D eigenvalue weighted by molar-refractivity contribution is 0.00912. The molecule has 35 heavy (non-hydrogen) atoms. The first-order chi connectivity index (χ1) is 16.4. The summed E-state index contributed by atoms with van der Waals surface area (Å²) in [7, 11) is -3.87. The van der Waals surface area contributed by atoms with Gasteiger partial charge in [-0.1, -0.05) is 30.3 Å². The van der Waals surface area contributed by atoms with Crippen LogP contribution >= 0.6 is 0 Å². The third kappa shape index (κ3) is 5.53. The van der Waals surface area contributed by atoms with Crippen molar-refractivity contribution in [3.63, 3.8) is 0 Å². The number of aromatic nitrogens is 2. The molecule has 1 saturated heterocycles. The minimum Gasteiger partial charge on any atom is -0.445 e. The van der Waals surface area contributed by atoms with E-state index in [1.807, 2.05) is 37.3 Å². The fraction of sp³-hybridized carbons (Fsp3) is 0.522.